The van der Waals surface area contributed by atoms with Crippen molar-refractivity contribution in [3.05, 3.63) is 51.0 Å². The van der Waals surface area contributed by atoms with E-state index in [2.05, 4.69) is 10.3 Å². The van der Waals surface area contributed by atoms with Gasteiger partial charge >= 0.3 is 0 Å². The topological polar surface area (TPSA) is 75.0 Å². The minimum absolute atomic E-state index is 0.252. The predicted molar refractivity (Wildman–Crippen MR) is 129 cm³/mol. The number of rotatable bonds is 6. The number of furan rings is 1. The molecule has 2 aliphatic heterocycles. The van der Waals surface area contributed by atoms with Gasteiger partial charge in [0.25, 0.3) is 5.91 Å². The van der Waals surface area contributed by atoms with Gasteiger partial charge in [0.2, 0.25) is 5.91 Å². The maximum absolute atomic E-state index is 12.8. The molecule has 0 aliphatic carbocycles. The standard InChI is InChI=1S/C21H19Cl2N3O4S2/c22-14-2-1-3-15(23)19(14)16-5-4-13(30-16)12-17-20(28)26(21(31)32-17)24-18(27)6-7-25-8-10-29-11-9-25/h1-5,12H,6-11H2,(H,24,27). The molecular formula is C21H19Cl2N3O4S2. The van der Waals surface area contributed by atoms with Crippen LogP contribution >= 0.6 is 47.2 Å². The number of carbonyl (C=O) groups is 2. The Morgan fingerprint density at radius 1 is 1.19 bits per heavy atom. The van der Waals surface area contributed by atoms with Gasteiger partial charge in [0.05, 0.1) is 33.7 Å². The zero-order valence-corrected chi connectivity index (χ0v) is 20.0. The quantitative estimate of drug-likeness (QED) is 0.459. The molecule has 2 aliphatic rings. The van der Waals surface area contributed by atoms with Crippen molar-refractivity contribution in [2.24, 2.45) is 0 Å². The fourth-order valence-corrected chi connectivity index (χ4v) is 5.00. The SMILES string of the molecule is O=C(CCN1CCOCC1)NN1C(=O)C(=Cc2ccc(-c3c(Cl)cccc3Cl)o2)SC1=S. The molecule has 1 aromatic heterocycles. The predicted octanol–water partition coefficient (Wildman–Crippen LogP) is 4.21. The lowest BCUT2D eigenvalue weighted by Gasteiger charge is -2.26. The number of ether oxygens (including phenoxy) is 1. The Kier molecular flexibility index (Phi) is 7.55. The molecule has 0 radical (unpaired) electrons. The minimum atomic E-state index is -0.409. The van der Waals surface area contributed by atoms with Gasteiger partial charge < -0.3 is 9.15 Å². The van der Waals surface area contributed by atoms with Crippen LogP contribution in [0.25, 0.3) is 17.4 Å². The van der Waals surface area contributed by atoms with E-state index in [0.29, 0.717) is 51.8 Å². The summed E-state index contributed by atoms with van der Waals surface area (Å²) in [7, 11) is 0. The van der Waals surface area contributed by atoms with Crippen molar-refractivity contribution in [2.75, 3.05) is 32.8 Å². The van der Waals surface area contributed by atoms with Gasteiger partial charge in [0.15, 0.2) is 4.32 Å². The van der Waals surface area contributed by atoms with Gasteiger partial charge in [0.1, 0.15) is 11.5 Å². The molecule has 0 spiro atoms. The number of halogens is 2. The molecule has 2 saturated heterocycles. The summed E-state index contributed by atoms with van der Waals surface area (Å²) < 4.78 is 11.4. The Morgan fingerprint density at radius 3 is 2.62 bits per heavy atom. The largest absolute Gasteiger partial charge is 0.457 e. The number of amides is 2. The molecule has 0 bridgehead atoms. The van der Waals surface area contributed by atoms with E-state index < -0.39 is 5.91 Å². The van der Waals surface area contributed by atoms with Crippen molar-refractivity contribution in [3.8, 4) is 11.3 Å². The number of hydrogen-bond donors (Lipinski definition) is 1. The van der Waals surface area contributed by atoms with Crippen molar-refractivity contribution in [3.63, 3.8) is 0 Å². The van der Waals surface area contributed by atoms with Crippen LogP contribution in [-0.4, -0.2) is 58.9 Å². The van der Waals surface area contributed by atoms with Crippen LogP contribution in [0.3, 0.4) is 0 Å². The highest BCUT2D eigenvalue weighted by Gasteiger charge is 2.34. The Bertz CT molecular complexity index is 1060. The number of hydrazine groups is 1. The molecule has 3 heterocycles. The number of carbonyl (C=O) groups excluding carboxylic acids is 2. The first-order valence-electron chi connectivity index (χ1n) is 9.84. The summed E-state index contributed by atoms with van der Waals surface area (Å²) in [4.78, 5) is 27.6. The molecule has 0 saturated carbocycles. The third kappa shape index (κ3) is 5.36. The van der Waals surface area contributed by atoms with Gasteiger partial charge in [-0.25, -0.2) is 0 Å². The van der Waals surface area contributed by atoms with Crippen molar-refractivity contribution < 1.29 is 18.7 Å². The Labute approximate surface area is 204 Å². The summed E-state index contributed by atoms with van der Waals surface area (Å²) in [5.41, 5.74) is 3.18. The zero-order valence-electron chi connectivity index (χ0n) is 16.8. The number of hydrogen-bond acceptors (Lipinski definition) is 7. The molecule has 11 heteroatoms. The van der Waals surface area contributed by atoms with Gasteiger partial charge in [0, 0.05) is 32.1 Å². The van der Waals surface area contributed by atoms with E-state index in [1.807, 2.05) is 0 Å². The maximum atomic E-state index is 12.8. The number of thiocarbonyl (C=S) groups is 1. The normalized spacial score (nSPS) is 18.6. The first kappa shape index (κ1) is 23.3. The molecule has 1 aromatic carbocycles. The number of benzene rings is 1. The number of thioether (sulfide) groups is 1. The fraction of sp³-hybridized carbons (Fsp3) is 0.286. The lowest BCUT2D eigenvalue weighted by molar-refractivity contribution is -0.133. The summed E-state index contributed by atoms with van der Waals surface area (Å²) >= 11 is 18.8. The van der Waals surface area contributed by atoms with Crippen molar-refractivity contribution in [1.82, 2.24) is 15.3 Å². The highest BCUT2D eigenvalue weighted by Crippen LogP contribution is 2.37. The van der Waals surface area contributed by atoms with Crippen molar-refractivity contribution in [1.29, 1.82) is 0 Å². The average Bonchev–Trinajstić information content (AvgIpc) is 3.33. The van der Waals surface area contributed by atoms with Gasteiger partial charge in [-0.1, -0.05) is 41.0 Å². The van der Waals surface area contributed by atoms with Crippen LogP contribution in [0.2, 0.25) is 10.0 Å². The van der Waals surface area contributed by atoms with Crippen LogP contribution in [0, 0.1) is 0 Å². The summed E-state index contributed by atoms with van der Waals surface area (Å²) in [5, 5.41) is 2.02. The molecule has 7 nitrogen and oxygen atoms in total. The number of nitrogens with one attached hydrogen (secondary N) is 1. The van der Waals surface area contributed by atoms with Gasteiger partial charge in [-0.05, 0) is 36.5 Å². The molecule has 1 N–H and O–H groups in total. The highest BCUT2D eigenvalue weighted by atomic mass is 35.5. The summed E-state index contributed by atoms with van der Waals surface area (Å²) in [5.74, 6) is 0.241. The zero-order chi connectivity index (χ0) is 22.7. The Morgan fingerprint density at radius 2 is 1.91 bits per heavy atom. The molecular weight excluding hydrogens is 493 g/mol. The molecule has 2 fully saturated rings. The smallest absolute Gasteiger partial charge is 0.285 e. The van der Waals surface area contributed by atoms with E-state index >= 15 is 0 Å². The van der Waals surface area contributed by atoms with E-state index in [1.165, 1.54) is 0 Å². The maximum Gasteiger partial charge on any atom is 0.285 e. The van der Waals surface area contributed by atoms with E-state index in [-0.39, 0.29) is 16.6 Å². The van der Waals surface area contributed by atoms with Crippen LogP contribution in [-0.2, 0) is 14.3 Å². The second-order valence-corrected chi connectivity index (χ2v) is 9.54. The molecule has 0 unspecified atom stereocenters. The second kappa shape index (κ2) is 10.4. The van der Waals surface area contributed by atoms with E-state index in [0.717, 1.165) is 29.9 Å². The first-order valence-corrected chi connectivity index (χ1v) is 11.8. The molecule has 0 atom stereocenters. The Hall–Kier alpha value is -1.88. The third-order valence-corrected chi connectivity index (χ3v) is 6.83. The van der Waals surface area contributed by atoms with Crippen LogP contribution in [0.4, 0.5) is 0 Å². The molecule has 4 rings (SSSR count). The van der Waals surface area contributed by atoms with Gasteiger partial charge in [-0.3, -0.25) is 19.9 Å². The molecule has 2 amide bonds. The van der Waals surface area contributed by atoms with E-state index in [9.17, 15) is 9.59 Å². The van der Waals surface area contributed by atoms with E-state index in [4.69, 9.17) is 44.6 Å². The Balaban J connectivity index is 1.40. The summed E-state index contributed by atoms with van der Waals surface area (Å²) in [6.07, 6.45) is 1.84. The lowest BCUT2D eigenvalue weighted by atomic mass is 10.2. The van der Waals surface area contributed by atoms with Crippen LogP contribution in [0.1, 0.15) is 12.2 Å². The molecule has 168 valence electrons. The van der Waals surface area contributed by atoms with Crippen LogP contribution < -0.4 is 5.43 Å². The molecule has 2 aromatic rings. The van der Waals surface area contributed by atoms with E-state index in [1.54, 1.807) is 36.4 Å². The van der Waals surface area contributed by atoms with Crippen LogP contribution in [0.5, 0.6) is 0 Å². The van der Waals surface area contributed by atoms with Gasteiger partial charge in [-0.2, -0.15) is 5.01 Å². The minimum Gasteiger partial charge on any atom is -0.457 e. The molecule has 32 heavy (non-hydrogen) atoms. The fourth-order valence-electron chi connectivity index (χ4n) is 3.26. The first-order chi connectivity index (χ1) is 15.4. The third-order valence-electron chi connectivity index (χ3n) is 4.90. The second-order valence-electron chi connectivity index (χ2n) is 7.05. The number of nitrogens with zero attached hydrogens (tertiary/aromatic N) is 2. The van der Waals surface area contributed by atoms with Crippen molar-refractivity contribution >= 4 is 69.4 Å². The summed E-state index contributed by atoms with van der Waals surface area (Å²) in [6, 6.07) is 8.63. The lowest BCUT2D eigenvalue weighted by Crippen LogP contribution is -2.46. The summed E-state index contributed by atoms with van der Waals surface area (Å²) in [6.45, 7) is 3.51. The highest BCUT2D eigenvalue weighted by molar-refractivity contribution is 8.26. The number of morpholine rings is 1. The average molecular weight is 512 g/mol. The van der Waals surface area contributed by atoms with Crippen molar-refractivity contribution in [2.45, 2.75) is 6.42 Å². The van der Waals surface area contributed by atoms with Gasteiger partial charge in [-0.15, -0.1) is 0 Å². The van der Waals surface area contributed by atoms with Crippen LogP contribution in [0.15, 0.2) is 39.7 Å². The monoisotopic (exact) mass is 511 g/mol.